The first-order chi connectivity index (χ1) is 17.4. The number of allylic oxidation sites excluding steroid dienone is 1. The smallest absolute Gasteiger partial charge is 0.262 e. The van der Waals surface area contributed by atoms with Crippen LogP contribution in [0.2, 0.25) is 0 Å². The molecule has 0 atom stereocenters. The van der Waals surface area contributed by atoms with E-state index in [0.717, 1.165) is 0 Å². The summed E-state index contributed by atoms with van der Waals surface area (Å²) in [5, 5.41) is 2.74. The number of carbonyl (C=O) groups excluding carboxylic acids is 2. The lowest BCUT2D eigenvalue weighted by Gasteiger charge is -2.12. The lowest BCUT2D eigenvalue weighted by molar-refractivity contribution is -0.118. The van der Waals surface area contributed by atoms with Crippen molar-refractivity contribution in [2.45, 2.75) is 0 Å². The molecule has 0 saturated heterocycles. The van der Waals surface area contributed by atoms with E-state index in [0.29, 0.717) is 51.3 Å². The fourth-order valence-corrected chi connectivity index (χ4v) is 3.61. The minimum atomic E-state index is -0.345. The minimum Gasteiger partial charge on any atom is -0.497 e. The number of Topliss-reactive ketones (excluding diaryl/α,β-unsaturated/α-hetero) is 1. The summed E-state index contributed by atoms with van der Waals surface area (Å²) in [5.74, 6) is 2.28. The molecule has 0 spiro atoms. The first kappa shape index (κ1) is 24.5. The maximum atomic E-state index is 12.9. The fraction of sp³-hybridized carbons (Fsp3) is 0.185. The van der Waals surface area contributed by atoms with Gasteiger partial charge in [-0.2, -0.15) is 0 Å². The summed E-state index contributed by atoms with van der Waals surface area (Å²) in [7, 11) is 6.11. The van der Waals surface area contributed by atoms with Gasteiger partial charge in [-0.1, -0.05) is 6.07 Å². The van der Waals surface area contributed by atoms with Crippen molar-refractivity contribution in [2.75, 3.05) is 40.4 Å². The molecular formula is C27H25NO8. The summed E-state index contributed by atoms with van der Waals surface area (Å²) in [6, 6.07) is 15.1. The molecule has 1 amide bonds. The quantitative estimate of drug-likeness (QED) is 0.441. The van der Waals surface area contributed by atoms with E-state index in [1.54, 1.807) is 67.8 Å². The summed E-state index contributed by atoms with van der Waals surface area (Å²) in [5.41, 5.74) is 1.55. The van der Waals surface area contributed by atoms with Crippen LogP contribution in [0.5, 0.6) is 34.5 Å². The van der Waals surface area contributed by atoms with E-state index in [1.165, 1.54) is 21.3 Å². The summed E-state index contributed by atoms with van der Waals surface area (Å²) in [6.45, 7) is -0.227. The Morgan fingerprint density at radius 3 is 2.33 bits per heavy atom. The lowest BCUT2D eigenvalue weighted by Crippen LogP contribution is -2.20. The Balaban J connectivity index is 1.47. The number of carbonyl (C=O) groups is 2. The van der Waals surface area contributed by atoms with Crippen molar-refractivity contribution in [1.29, 1.82) is 0 Å². The first-order valence-electron chi connectivity index (χ1n) is 10.9. The van der Waals surface area contributed by atoms with Gasteiger partial charge in [0.25, 0.3) is 5.91 Å². The molecule has 186 valence electrons. The maximum absolute atomic E-state index is 12.9. The van der Waals surface area contributed by atoms with Crippen molar-refractivity contribution >= 4 is 23.5 Å². The van der Waals surface area contributed by atoms with Crippen molar-refractivity contribution in [3.63, 3.8) is 0 Å². The molecule has 1 heterocycles. The monoisotopic (exact) mass is 491 g/mol. The molecule has 1 N–H and O–H groups in total. The zero-order chi connectivity index (χ0) is 25.7. The zero-order valence-electron chi connectivity index (χ0n) is 20.2. The number of hydrogen-bond donors (Lipinski definition) is 1. The van der Waals surface area contributed by atoms with Crippen molar-refractivity contribution < 1.29 is 38.0 Å². The predicted octanol–water partition coefficient (Wildman–Crippen LogP) is 4.35. The number of ketones is 1. The summed E-state index contributed by atoms with van der Waals surface area (Å²) < 4.78 is 32.6. The first-order valence-corrected chi connectivity index (χ1v) is 10.9. The Kier molecular flexibility index (Phi) is 7.29. The predicted molar refractivity (Wildman–Crippen MR) is 133 cm³/mol. The van der Waals surface area contributed by atoms with Crippen LogP contribution in [-0.4, -0.2) is 46.7 Å². The van der Waals surface area contributed by atoms with Crippen molar-refractivity contribution in [3.8, 4) is 34.5 Å². The van der Waals surface area contributed by atoms with Gasteiger partial charge in [0.15, 0.2) is 23.9 Å². The highest BCUT2D eigenvalue weighted by Crippen LogP contribution is 2.39. The normalized spacial score (nSPS) is 13.0. The molecule has 1 aliphatic rings. The fourth-order valence-electron chi connectivity index (χ4n) is 3.61. The Labute approximate surface area is 208 Å². The van der Waals surface area contributed by atoms with Crippen LogP contribution in [-0.2, 0) is 4.79 Å². The second-order valence-electron chi connectivity index (χ2n) is 7.62. The number of amides is 1. The third-order valence-electron chi connectivity index (χ3n) is 5.39. The molecule has 1 aliphatic heterocycles. The average molecular weight is 491 g/mol. The van der Waals surface area contributed by atoms with Crippen LogP contribution in [0.4, 0.5) is 5.69 Å². The van der Waals surface area contributed by atoms with Crippen LogP contribution in [0, 0.1) is 0 Å². The van der Waals surface area contributed by atoms with E-state index in [-0.39, 0.29) is 24.1 Å². The van der Waals surface area contributed by atoms with E-state index >= 15 is 0 Å². The third kappa shape index (κ3) is 5.20. The highest BCUT2D eigenvalue weighted by atomic mass is 16.5. The number of rotatable bonds is 9. The van der Waals surface area contributed by atoms with Crippen LogP contribution in [0.15, 0.2) is 60.4 Å². The van der Waals surface area contributed by atoms with E-state index in [9.17, 15) is 9.59 Å². The van der Waals surface area contributed by atoms with Gasteiger partial charge in [0, 0.05) is 29.4 Å². The van der Waals surface area contributed by atoms with Gasteiger partial charge in [-0.15, -0.1) is 0 Å². The summed E-state index contributed by atoms with van der Waals surface area (Å²) >= 11 is 0. The number of fused-ring (bicyclic) bond motifs is 1. The number of benzene rings is 3. The second-order valence-corrected chi connectivity index (χ2v) is 7.62. The van der Waals surface area contributed by atoms with Gasteiger partial charge in [0.1, 0.15) is 23.0 Å². The molecule has 0 bridgehead atoms. The van der Waals surface area contributed by atoms with Gasteiger partial charge < -0.3 is 33.7 Å². The molecule has 0 fully saturated rings. The topological polar surface area (TPSA) is 102 Å². The lowest BCUT2D eigenvalue weighted by atomic mass is 10.1. The number of anilines is 1. The Bertz CT molecular complexity index is 1330. The van der Waals surface area contributed by atoms with Crippen LogP contribution in [0.25, 0.3) is 6.08 Å². The molecule has 36 heavy (non-hydrogen) atoms. The molecule has 0 unspecified atom stereocenters. The van der Waals surface area contributed by atoms with Crippen LogP contribution < -0.4 is 33.7 Å². The third-order valence-corrected chi connectivity index (χ3v) is 5.39. The van der Waals surface area contributed by atoms with Gasteiger partial charge in [-0.3, -0.25) is 9.59 Å². The standard InChI is InChI=1S/C27H25NO8/c1-31-18-7-5-6-17(12-18)28-26(29)15-35-19-8-9-20-22(13-19)36-25(27(20)30)11-16-10-23(33-3)24(34-4)14-21(16)32-2/h5-14H,15H2,1-4H3,(H,28,29). The van der Waals surface area contributed by atoms with Crippen molar-refractivity contribution in [3.05, 3.63) is 71.5 Å². The van der Waals surface area contributed by atoms with E-state index < -0.39 is 0 Å². The molecule has 3 aromatic carbocycles. The highest BCUT2D eigenvalue weighted by Gasteiger charge is 2.28. The van der Waals surface area contributed by atoms with Crippen molar-refractivity contribution in [1.82, 2.24) is 0 Å². The van der Waals surface area contributed by atoms with Crippen LogP contribution in [0.1, 0.15) is 15.9 Å². The number of methoxy groups -OCH3 is 4. The zero-order valence-corrected chi connectivity index (χ0v) is 20.2. The Morgan fingerprint density at radius 1 is 0.861 bits per heavy atom. The van der Waals surface area contributed by atoms with Gasteiger partial charge in [-0.25, -0.2) is 0 Å². The Hall–Kier alpha value is -4.66. The van der Waals surface area contributed by atoms with E-state index in [1.807, 2.05) is 0 Å². The molecule has 0 saturated carbocycles. The summed E-state index contributed by atoms with van der Waals surface area (Å²) in [6.07, 6.45) is 1.57. The number of ether oxygens (including phenoxy) is 6. The minimum absolute atomic E-state index is 0.114. The molecule has 9 heteroatoms. The van der Waals surface area contributed by atoms with Gasteiger partial charge in [0.05, 0.1) is 34.0 Å². The van der Waals surface area contributed by atoms with Gasteiger partial charge >= 0.3 is 0 Å². The number of nitrogens with one attached hydrogen (secondary N) is 1. The SMILES string of the molecule is COc1cccc(NC(=O)COc2ccc3c(c2)OC(=Cc2cc(OC)c(OC)cc2OC)C3=O)c1. The molecule has 4 rings (SSSR count). The van der Waals surface area contributed by atoms with Crippen molar-refractivity contribution in [2.24, 2.45) is 0 Å². The second kappa shape index (κ2) is 10.7. The molecule has 0 aliphatic carbocycles. The molecule has 0 aromatic heterocycles. The largest absolute Gasteiger partial charge is 0.497 e. The molecule has 0 radical (unpaired) electrons. The maximum Gasteiger partial charge on any atom is 0.262 e. The van der Waals surface area contributed by atoms with Crippen LogP contribution in [0.3, 0.4) is 0 Å². The highest BCUT2D eigenvalue weighted by molar-refractivity contribution is 6.14. The Morgan fingerprint density at radius 2 is 1.61 bits per heavy atom. The molecular weight excluding hydrogens is 466 g/mol. The average Bonchev–Trinajstić information content (AvgIpc) is 3.21. The van der Waals surface area contributed by atoms with Gasteiger partial charge in [-0.05, 0) is 36.4 Å². The van der Waals surface area contributed by atoms with Crippen LogP contribution >= 0.6 is 0 Å². The van der Waals surface area contributed by atoms with E-state index in [2.05, 4.69) is 5.32 Å². The van der Waals surface area contributed by atoms with Gasteiger partial charge in [0.2, 0.25) is 5.78 Å². The molecule has 3 aromatic rings. The van der Waals surface area contributed by atoms with E-state index in [4.69, 9.17) is 28.4 Å². The molecule has 9 nitrogen and oxygen atoms in total. The number of hydrogen-bond acceptors (Lipinski definition) is 8. The summed E-state index contributed by atoms with van der Waals surface area (Å²) in [4.78, 5) is 25.2.